The predicted octanol–water partition coefficient (Wildman–Crippen LogP) is 3.86. The van der Waals surface area contributed by atoms with Crippen LogP contribution in [0.5, 0.6) is 0 Å². The smallest absolute Gasteiger partial charge is 0.256 e. The lowest BCUT2D eigenvalue weighted by molar-refractivity contribution is 0.102. The van der Waals surface area contributed by atoms with Crippen LogP contribution in [0.1, 0.15) is 16.8 Å². The largest absolute Gasteiger partial charge is 0.385 e. The Labute approximate surface area is 170 Å². The van der Waals surface area contributed by atoms with Gasteiger partial charge in [-0.3, -0.25) is 9.20 Å². The highest BCUT2D eigenvalue weighted by atomic mass is 19.2. The average Bonchev–Trinajstić information content (AvgIpc) is 3.17. The number of carbonyl (C=O) groups excluding carboxylic acids is 1. The summed E-state index contributed by atoms with van der Waals surface area (Å²) < 4.78 is 34.4. The molecule has 2 aromatic carbocycles. The number of ether oxygens (including phenoxy) is 1. The Balaban J connectivity index is 1.80. The highest BCUT2D eigenvalue weighted by Crippen LogP contribution is 2.27. The van der Waals surface area contributed by atoms with Gasteiger partial charge in [-0.2, -0.15) is 0 Å². The summed E-state index contributed by atoms with van der Waals surface area (Å²) in [5.74, 6) is -1.66. The third-order valence-electron chi connectivity index (χ3n) is 4.56. The van der Waals surface area contributed by atoms with E-state index in [1.807, 2.05) is 6.07 Å². The summed E-state index contributed by atoms with van der Waals surface area (Å²) >= 11 is 0. The number of anilines is 2. The molecule has 0 aliphatic rings. The molecule has 0 atom stereocenters. The lowest BCUT2D eigenvalue weighted by atomic mass is 10.2. The number of carbonyl (C=O) groups is 1. The number of nitrogens with one attached hydrogen (secondary N) is 2. The maximum absolute atomic E-state index is 14.0. The van der Waals surface area contributed by atoms with Gasteiger partial charge in [-0.1, -0.05) is 18.2 Å². The van der Waals surface area contributed by atoms with E-state index in [0.717, 1.165) is 18.6 Å². The summed E-state index contributed by atoms with van der Waals surface area (Å²) in [6.45, 7) is 1.10. The van der Waals surface area contributed by atoms with E-state index in [0.29, 0.717) is 36.0 Å². The predicted molar refractivity (Wildman–Crippen MR) is 110 cm³/mol. The maximum Gasteiger partial charge on any atom is 0.256 e. The molecule has 0 fully saturated rings. The van der Waals surface area contributed by atoms with Crippen LogP contribution < -0.4 is 10.6 Å². The SMILES string of the molecule is COCCCNc1nc2cc(F)c(F)cc2n2c(NC(=O)c3ccccc3)cnc12. The number of aromatic nitrogens is 3. The van der Waals surface area contributed by atoms with Crippen LogP contribution in [0, 0.1) is 11.6 Å². The molecule has 2 N–H and O–H groups in total. The second-order valence-electron chi connectivity index (χ2n) is 6.61. The fraction of sp³-hybridized carbons (Fsp3) is 0.190. The van der Waals surface area contributed by atoms with Crippen LogP contribution in [0.2, 0.25) is 0 Å². The number of amides is 1. The molecule has 0 unspecified atom stereocenters. The molecule has 0 aliphatic carbocycles. The Hall–Kier alpha value is -3.59. The van der Waals surface area contributed by atoms with Crippen molar-refractivity contribution in [3.05, 3.63) is 65.9 Å². The maximum atomic E-state index is 14.0. The first-order valence-electron chi connectivity index (χ1n) is 9.34. The van der Waals surface area contributed by atoms with Gasteiger partial charge in [0.15, 0.2) is 23.1 Å². The molecule has 0 radical (unpaired) electrons. The van der Waals surface area contributed by atoms with Gasteiger partial charge in [-0.15, -0.1) is 0 Å². The van der Waals surface area contributed by atoms with Crippen molar-refractivity contribution in [2.24, 2.45) is 0 Å². The number of fused-ring (bicyclic) bond motifs is 3. The zero-order valence-corrected chi connectivity index (χ0v) is 16.2. The number of rotatable bonds is 7. The van der Waals surface area contributed by atoms with Crippen molar-refractivity contribution in [2.75, 3.05) is 30.9 Å². The number of benzene rings is 2. The van der Waals surface area contributed by atoms with Crippen molar-refractivity contribution in [2.45, 2.75) is 6.42 Å². The fourth-order valence-electron chi connectivity index (χ4n) is 3.14. The molecule has 2 aromatic heterocycles. The minimum Gasteiger partial charge on any atom is -0.385 e. The molecule has 4 aromatic rings. The summed E-state index contributed by atoms with van der Waals surface area (Å²) in [7, 11) is 1.61. The lowest BCUT2D eigenvalue weighted by Gasteiger charge is -2.12. The molecule has 1 amide bonds. The molecule has 0 saturated heterocycles. The Morgan fingerprint density at radius 1 is 1.17 bits per heavy atom. The van der Waals surface area contributed by atoms with Gasteiger partial charge in [0.25, 0.3) is 5.91 Å². The first-order valence-corrected chi connectivity index (χ1v) is 9.34. The molecule has 0 spiro atoms. The van der Waals surface area contributed by atoms with E-state index in [-0.39, 0.29) is 16.9 Å². The quantitative estimate of drug-likeness (QED) is 0.452. The van der Waals surface area contributed by atoms with Crippen LogP contribution in [-0.4, -0.2) is 40.5 Å². The standard InChI is InChI=1S/C21H19F2N5O2/c1-30-9-5-8-24-19-20-25-12-18(27-21(29)13-6-3-2-4-7-13)28(20)17-11-15(23)14(22)10-16(17)26-19/h2-4,6-7,10-12H,5,8-9H2,1H3,(H,24,26)(H,27,29). The molecule has 2 heterocycles. The Morgan fingerprint density at radius 3 is 2.70 bits per heavy atom. The monoisotopic (exact) mass is 411 g/mol. The summed E-state index contributed by atoms with van der Waals surface area (Å²) in [6, 6.07) is 10.7. The van der Waals surface area contributed by atoms with Gasteiger partial charge >= 0.3 is 0 Å². The third kappa shape index (κ3) is 3.79. The number of hydrogen-bond donors (Lipinski definition) is 2. The lowest BCUT2D eigenvalue weighted by Crippen LogP contribution is -2.14. The zero-order valence-electron chi connectivity index (χ0n) is 16.2. The van der Waals surface area contributed by atoms with Crippen LogP contribution in [0.3, 0.4) is 0 Å². The highest BCUT2D eigenvalue weighted by molar-refractivity contribution is 6.04. The van der Waals surface area contributed by atoms with Crippen molar-refractivity contribution in [1.82, 2.24) is 14.4 Å². The van der Waals surface area contributed by atoms with Crippen LogP contribution in [0.25, 0.3) is 16.7 Å². The van der Waals surface area contributed by atoms with E-state index >= 15 is 0 Å². The van der Waals surface area contributed by atoms with Crippen LogP contribution in [-0.2, 0) is 4.74 Å². The molecular weight excluding hydrogens is 392 g/mol. The van der Waals surface area contributed by atoms with Gasteiger partial charge < -0.3 is 15.4 Å². The topological polar surface area (TPSA) is 80.5 Å². The fourth-order valence-corrected chi connectivity index (χ4v) is 3.14. The van der Waals surface area contributed by atoms with E-state index in [2.05, 4.69) is 20.6 Å². The van der Waals surface area contributed by atoms with Gasteiger partial charge in [0.2, 0.25) is 0 Å². The molecule has 4 rings (SSSR count). The third-order valence-corrected chi connectivity index (χ3v) is 4.56. The van der Waals surface area contributed by atoms with Crippen LogP contribution >= 0.6 is 0 Å². The second-order valence-corrected chi connectivity index (χ2v) is 6.61. The molecule has 0 aliphatic heterocycles. The minimum absolute atomic E-state index is 0.226. The summed E-state index contributed by atoms with van der Waals surface area (Å²) in [4.78, 5) is 21.4. The van der Waals surface area contributed by atoms with Crippen LogP contribution in [0.15, 0.2) is 48.7 Å². The van der Waals surface area contributed by atoms with Gasteiger partial charge in [-0.05, 0) is 18.6 Å². The van der Waals surface area contributed by atoms with E-state index in [4.69, 9.17) is 4.74 Å². The van der Waals surface area contributed by atoms with E-state index in [9.17, 15) is 13.6 Å². The van der Waals surface area contributed by atoms with Crippen molar-refractivity contribution >= 4 is 34.2 Å². The van der Waals surface area contributed by atoms with Gasteiger partial charge in [0.1, 0.15) is 5.82 Å². The van der Waals surface area contributed by atoms with E-state index < -0.39 is 11.6 Å². The van der Waals surface area contributed by atoms with E-state index in [1.54, 1.807) is 35.8 Å². The molecule has 0 bridgehead atoms. The van der Waals surface area contributed by atoms with Gasteiger partial charge in [0.05, 0.1) is 17.2 Å². The van der Waals surface area contributed by atoms with Crippen molar-refractivity contribution < 1.29 is 18.3 Å². The van der Waals surface area contributed by atoms with Gasteiger partial charge in [-0.25, -0.2) is 18.7 Å². The summed E-state index contributed by atoms with van der Waals surface area (Å²) in [6.07, 6.45) is 2.18. The van der Waals surface area contributed by atoms with Gasteiger partial charge in [0, 0.05) is 38.0 Å². The Kier molecular flexibility index (Phi) is 5.53. The Bertz CT molecular complexity index is 1210. The number of imidazole rings is 1. The minimum atomic E-state index is -1.01. The molecule has 0 saturated carbocycles. The first-order chi connectivity index (χ1) is 14.6. The number of halogens is 2. The highest BCUT2D eigenvalue weighted by Gasteiger charge is 2.17. The van der Waals surface area contributed by atoms with Crippen LogP contribution in [0.4, 0.5) is 20.4 Å². The van der Waals surface area contributed by atoms with Crippen molar-refractivity contribution in [3.8, 4) is 0 Å². The Morgan fingerprint density at radius 2 is 1.93 bits per heavy atom. The summed E-state index contributed by atoms with van der Waals surface area (Å²) in [5, 5.41) is 5.92. The normalized spacial score (nSPS) is 11.2. The average molecular weight is 411 g/mol. The first kappa shape index (κ1) is 19.7. The molecule has 30 heavy (non-hydrogen) atoms. The molecular formula is C21H19F2N5O2. The molecule has 9 heteroatoms. The summed E-state index contributed by atoms with van der Waals surface area (Å²) in [5.41, 5.74) is 1.35. The van der Waals surface area contributed by atoms with Crippen molar-refractivity contribution in [3.63, 3.8) is 0 Å². The zero-order chi connectivity index (χ0) is 21.1. The number of methoxy groups -OCH3 is 1. The number of hydrogen-bond acceptors (Lipinski definition) is 5. The van der Waals surface area contributed by atoms with Crippen molar-refractivity contribution in [1.29, 1.82) is 0 Å². The van der Waals surface area contributed by atoms with E-state index in [1.165, 1.54) is 6.20 Å². The molecule has 154 valence electrons. The second kappa shape index (κ2) is 8.42. The number of nitrogens with zero attached hydrogens (tertiary/aromatic N) is 3. The molecule has 7 nitrogen and oxygen atoms in total.